The number of nitrogens with zero attached hydrogens (tertiary/aromatic N) is 1. The average Bonchev–Trinajstić information content (AvgIpc) is 2.90. The van der Waals surface area contributed by atoms with E-state index in [4.69, 9.17) is 0 Å². The molecule has 98 valence electrons. The molecular weight excluding hydrogens is 224 g/mol. The molecule has 1 heterocycles. The first kappa shape index (κ1) is 13.1. The fraction of sp³-hybridized carbons (Fsp3) is 0.600. The lowest BCUT2D eigenvalue weighted by atomic mass is 10.0. The third kappa shape index (κ3) is 3.83. The Morgan fingerprint density at radius 3 is 2.89 bits per heavy atom. The maximum Gasteiger partial charge on any atom is 0.220 e. The molecule has 1 N–H and O–H groups in total. The van der Waals surface area contributed by atoms with E-state index in [1.165, 1.54) is 25.7 Å². The molecule has 3 nitrogen and oxygen atoms in total. The predicted octanol–water partition coefficient (Wildman–Crippen LogP) is 3.23. The molecule has 2 rings (SSSR count). The molecule has 0 saturated heterocycles. The summed E-state index contributed by atoms with van der Waals surface area (Å²) in [5, 5.41) is 3.02. The first-order valence-electron chi connectivity index (χ1n) is 6.96. The zero-order valence-electron chi connectivity index (χ0n) is 11.1. The first-order chi connectivity index (χ1) is 8.75. The van der Waals surface area contributed by atoms with E-state index in [1.807, 2.05) is 25.1 Å². The number of carbonyl (C=O) groups is 1. The Hall–Kier alpha value is -1.38. The summed E-state index contributed by atoms with van der Waals surface area (Å²) >= 11 is 0. The lowest BCUT2D eigenvalue weighted by Gasteiger charge is -2.14. The molecule has 18 heavy (non-hydrogen) atoms. The van der Waals surface area contributed by atoms with Crippen LogP contribution in [0.25, 0.3) is 0 Å². The Morgan fingerprint density at radius 1 is 1.44 bits per heavy atom. The smallest absolute Gasteiger partial charge is 0.220 e. The van der Waals surface area contributed by atoms with E-state index in [9.17, 15) is 4.79 Å². The lowest BCUT2D eigenvalue weighted by Crippen LogP contribution is -2.27. The molecule has 1 saturated carbocycles. The fourth-order valence-electron chi connectivity index (χ4n) is 2.65. The summed E-state index contributed by atoms with van der Waals surface area (Å²) in [6.45, 7) is 1.98. The summed E-state index contributed by atoms with van der Waals surface area (Å²) < 4.78 is 0. The van der Waals surface area contributed by atoms with E-state index in [1.54, 1.807) is 6.20 Å². The summed E-state index contributed by atoms with van der Waals surface area (Å²) in [5.74, 6) is 0.931. The van der Waals surface area contributed by atoms with Gasteiger partial charge in [-0.15, -0.1) is 0 Å². The van der Waals surface area contributed by atoms with Crippen molar-refractivity contribution < 1.29 is 4.79 Å². The van der Waals surface area contributed by atoms with Crippen molar-refractivity contribution in [3.8, 4) is 0 Å². The predicted molar refractivity (Wildman–Crippen MR) is 72.0 cm³/mol. The second kappa shape index (κ2) is 6.53. The first-order valence-corrected chi connectivity index (χ1v) is 6.96. The highest BCUT2D eigenvalue weighted by Gasteiger charge is 2.17. The van der Waals surface area contributed by atoms with Crippen molar-refractivity contribution in [3.05, 3.63) is 30.1 Å². The van der Waals surface area contributed by atoms with Gasteiger partial charge in [0.2, 0.25) is 5.91 Å². The van der Waals surface area contributed by atoms with Crippen LogP contribution in [-0.4, -0.2) is 10.9 Å². The van der Waals surface area contributed by atoms with Crippen LogP contribution in [0, 0.1) is 5.92 Å². The van der Waals surface area contributed by atoms with E-state index in [0.29, 0.717) is 6.42 Å². The van der Waals surface area contributed by atoms with Crippen LogP contribution < -0.4 is 5.32 Å². The maximum atomic E-state index is 11.8. The van der Waals surface area contributed by atoms with Gasteiger partial charge in [0.1, 0.15) is 0 Å². The minimum atomic E-state index is 0.00211. The van der Waals surface area contributed by atoms with Gasteiger partial charge < -0.3 is 5.32 Å². The summed E-state index contributed by atoms with van der Waals surface area (Å²) in [7, 11) is 0. The summed E-state index contributed by atoms with van der Waals surface area (Å²) in [6.07, 6.45) is 8.76. The van der Waals surface area contributed by atoms with Crippen molar-refractivity contribution in [2.45, 2.75) is 51.5 Å². The van der Waals surface area contributed by atoms with Gasteiger partial charge in [-0.3, -0.25) is 9.78 Å². The van der Waals surface area contributed by atoms with Crippen LogP contribution in [-0.2, 0) is 4.79 Å². The molecule has 0 unspecified atom stereocenters. The van der Waals surface area contributed by atoms with Crippen LogP contribution in [0.5, 0.6) is 0 Å². The van der Waals surface area contributed by atoms with Crippen LogP contribution >= 0.6 is 0 Å². The van der Waals surface area contributed by atoms with Crippen molar-refractivity contribution in [1.82, 2.24) is 10.3 Å². The number of amides is 1. The second-order valence-electron chi connectivity index (χ2n) is 5.23. The highest BCUT2D eigenvalue weighted by Crippen LogP contribution is 2.28. The van der Waals surface area contributed by atoms with Crippen LogP contribution in [0.3, 0.4) is 0 Å². The molecule has 0 aliphatic heterocycles. The fourth-order valence-corrected chi connectivity index (χ4v) is 2.65. The van der Waals surface area contributed by atoms with Crippen LogP contribution in [0.1, 0.15) is 57.2 Å². The van der Waals surface area contributed by atoms with Crippen molar-refractivity contribution in [2.24, 2.45) is 5.92 Å². The Morgan fingerprint density at radius 2 is 2.22 bits per heavy atom. The van der Waals surface area contributed by atoms with Crippen LogP contribution in [0.15, 0.2) is 24.4 Å². The zero-order chi connectivity index (χ0) is 12.8. The third-order valence-corrected chi connectivity index (χ3v) is 3.76. The third-order valence-electron chi connectivity index (χ3n) is 3.76. The minimum Gasteiger partial charge on any atom is -0.348 e. The molecule has 1 amide bonds. The average molecular weight is 246 g/mol. The van der Waals surface area contributed by atoms with E-state index in [2.05, 4.69) is 10.3 Å². The van der Waals surface area contributed by atoms with Gasteiger partial charge in [0.05, 0.1) is 11.7 Å². The maximum absolute atomic E-state index is 11.8. The van der Waals surface area contributed by atoms with Gasteiger partial charge in [-0.2, -0.15) is 0 Å². The van der Waals surface area contributed by atoms with E-state index in [-0.39, 0.29) is 11.9 Å². The molecule has 1 aliphatic rings. The van der Waals surface area contributed by atoms with E-state index >= 15 is 0 Å². The number of carbonyl (C=O) groups excluding carboxylic acids is 1. The number of hydrogen-bond acceptors (Lipinski definition) is 2. The summed E-state index contributed by atoms with van der Waals surface area (Å²) in [5.41, 5.74) is 0.923. The monoisotopic (exact) mass is 246 g/mol. The molecule has 1 aromatic rings. The number of nitrogens with one attached hydrogen (secondary N) is 1. The van der Waals surface area contributed by atoms with Crippen molar-refractivity contribution in [2.75, 3.05) is 0 Å². The van der Waals surface area contributed by atoms with Gasteiger partial charge in [0, 0.05) is 12.6 Å². The SMILES string of the molecule is C[C@H](NC(=O)CCC1CCCC1)c1ccccn1. The van der Waals surface area contributed by atoms with Crippen molar-refractivity contribution in [1.29, 1.82) is 0 Å². The van der Waals surface area contributed by atoms with Gasteiger partial charge >= 0.3 is 0 Å². The van der Waals surface area contributed by atoms with Gasteiger partial charge in [-0.1, -0.05) is 31.7 Å². The van der Waals surface area contributed by atoms with E-state index < -0.39 is 0 Å². The molecule has 3 heteroatoms. The highest BCUT2D eigenvalue weighted by molar-refractivity contribution is 5.76. The van der Waals surface area contributed by atoms with Crippen LogP contribution in [0.2, 0.25) is 0 Å². The molecule has 1 aromatic heterocycles. The Bertz CT molecular complexity index is 371. The zero-order valence-corrected chi connectivity index (χ0v) is 11.1. The Labute approximate surface area is 109 Å². The Kier molecular flexibility index (Phi) is 4.73. The second-order valence-corrected chi connectivity index (χ2v) is 5.23. The number of pyridine rings is 1. The molecule has 1 atom stereocenters. The molecule has 0 spiro atoms. The minimum absolute atomic E-state index is 0.00211. The number of hydrogen-bond donors (Lipinski definition) is 1. The standard InChI is InChI=1S/C15H22N2O/c1-12(14-8-4-5-11-16-14)17-15(18)10-9-13-6-2-3-7-13/h4-5,8,11-13H,2-3,6-7,9-10H2,1H3,(H,17,18)/t12-/m0/s1. The number of aromatic nitrogens is 1. The molecule has 1 fully saturated rings. The van der Waals surface area contributed by atoms with Gasteiger partial charge in [-0.25, -0.2) is 0 Å². The number of rotatable bonds is 5. The molecule has 0 bridgehead atoms. The normalized spacial score (nSPS) is 17.6. The van der Waals surface area contributed by atoms with Crippen molar-refractivity contribution >= 4 is 5.91 Å². The van der Waals surface area contributed by atoms with Crippen molar-refractivity contribution in [3.63, 3.8) is 0 Å². The summed E-state index contributed by atoms with van der Waals surface area (Å²) in [4.78, 5) is 16.1. The topological polar surface area (TPSA) is 42.0 Å². The lowest BCUT2D eigenvalue weighted by molar-refractivity contribution is -0.122. The summed E-state index contributed by atoms with van der Waals surface area (Å²) in [6, 6.07) is 5.78. The highest BCUT2D eigenvalue weighted by atomic mass is 16.1. The van der Waals surface area contributed by atoms with Crippen LogP contribution in [0.4, 0.5) is 0 Å². The van der Waals surface area contributed by atoms with Gasteiger partial charge in [0.15, 0.2) is 0 Å². The molecule has 0 radical (unpaired) electrons. The molecule has 0 aromatic carbocycles. The molecular formula is C15H22N2O. The van der Waals surface area contributed by atoms with E-state index in [0.717, 1.165) is 18.0 Å². The molecule has 1 aliphatic carbocycles. The largest absolute Gasteiger partial charge is 0.348 e. The Balaban J connectivity index is 1.73. The van der Waals surface area contributed by atoms with Gasteiger partial charge in [-0.05, 0) is 31.4 Å². The quantitative estimate of drug-likeness (QED) is 0.866. The van der Waals surface area contributed by atoms with Gasteiger partial charge in [0.25, 0.3) is 0 Å².